The minimum absolute atomic E-state index is 0.00982. The Hall–Kier alpha value is -2.38. The second kappa shape index (κ2) is 4.91. The number of carbonyl (C=O) groups is 2. The van der Waals surface area contributed by atoms with Gasteiger partial charge in [-0.25, -0.2) is 4.98 Å². The molecule has 0 aliphatic carbocycles. The highest BCUT2D eigenvalue weighted by atomic mass is 16.6. The second-order valence-electron chi connectivity index (χ2n) is 2.77. The smallest absolute Gasteiger partial charge is 0.325 e. The van der Waals surface area contributed by atoms with E-state index in [4.69, 9.17) is 0 Å². The Labute approximate surface area is 89.7 Å². The first kappa shape index (κ1) is 11.7. The number of amides is 1. The summed E-state index contributed by atoms with van der Waals surface area (Å²) >= 11 is 0. The molecule has 0 aliphatic rings. The molecule has 1 rings (SSSR count). The minimum Gasteiger partial charge on any atom is -0.468 e. The number of methoxy groups -OCH3 is 1. The first-order chi connectivity index (χ1) is 7.54. The third kappa shape index (κ3) is 2.80. The Morgan fingerprint density at radius 3 is 2.75 bits per heavy atom. The zero-order valence-corrected chi connectivity index (χ0v) is 8.35. The number of aromatic nitrogens is 1. The molecule has 0 aliphatic heterocycles. The zero-order valence-electron chi connectivity index (χ0n) is 8.35. The number of H-pyrrole nitrogens is 1. The first-order valence-electron chi connectivity index (χ1n) is 4.23. The lowest BCUT2D eigenvalue weighted by Crippen LogP contribution is -2.30. The molecule has 16 heavy (non-hydrogen) atoms. The van der Waals surface area contributed by atoms with Crippen LogP contribution in [0.15, 0.2) is 12.1 Å². The SMILES string of the molecule is COC(=O)CNC(=O)c1ccc([N+](=O)[O-])[nH]1. The molecule has 0 fully saturated rings. The predicted molar refractivity (Wildman–Crippen MR) is 51.8 cm³/mol. The molecule has 1 amide bonds. The van der Waals surface area contributed by atoms with Crippen molar-refractivity contribution in [2.24, 2.45) is 0 Å². The van der Waals surface area contributed by atoms with E-state index >= 15 is 0 Å². The fraction of sp³-hybridized carbons (Fsp3) is 0.250. The summed E-state index contributed by atoms with van der Waals surface area (Å²) < 4.78 is 4.31. The monoisotopic (exact) mass is 227 g/mol. The van der Waals surface area contributed by atoms with Gasteiger partial charge in [-0.15, -0.1) is 0 Å². The van der Waals surface area contributed by atoms with Crippen LogP contribution in [-0.2, 0) is 9.53 Å². The van der Waals surface area contributed by atoms with Crippen LogP contribution in [0, 0.1) is 10.1 Å². The van der Waals surface area contributed by atoms with Gasteiger partial charge >= 0.3 is 11.8 Å². The van der Waals surface area contributed by atoms with Crippen LogP contribution in [0.2, 0.25) is 0 Å². The number of nitro groups is 1. The highest BCUT2D eigenvalue weighted by molar-refractivity contribution is 5.94. The maximum Gasteiger partial charge on any atom is 0.325 e. The van der Waals surface area contributed by atoms with Gasteiger partial charge in [-0.2, -0.15) is 0 Å². The maximum absolute atomic E-state index is 11.3. The van der Waals surface area contributed by atoms with E-state index < -0.39 is 16.8 Å². The van der Waals surface area contributed by atoms with E-state index in [2.05, 4.69) is 15.0 Å². The van der Waals surface area contributed by atoms with E-state index in [9.17, 15) is 19.7 Å². The molecule has 0 radical (unpaired) electrons. The number of hydrogen-bond donors (Lipinski definition) is 2. The van der Waals surface area contributed by atoms with Crippen LogP contribution in [0.25, 0.3) is 0 Å². The summed E-state index contributed by atoms with van der Waals surface area (Å²) in [5, 5.41) is 12.6. The summed E-state index contributed by atoms with van der Waals surface area (Å²) in [6.45, 7) is -0.290. The van der Waals surface area contributed by atoms with Crippen molar-refractivity contribution in [2.45, 2.75) is 0 Å². The van der Waals surface area contributed by atoms with Crippen LogP contribution >= 0.6 is 0 Å². The molecule has 0 saturated heterocycles. The molecule has 2 N–H and O–H groups in total. The molecule has 1 heterocycles. The third-order valence-corrected chi connectivity index (χ3v) is 1.73. The molecule has 0 atom stereocenters. The van der Waals surface area contributed by atoms with Crippen LogP contribution in [0.1, 0.15) is 10.5 Å². The quantitative estimate of drug-likeness (QED) is 0.421. The summed E-state index contributed by atoms with van der Waals surface area (Å²) in [5.74, 6) is -1.50. The van der Waals surface area contributed by atoms with E-state index in [1.807, 2.05) is 0 Å². The first-order valence-corrected chi connectivity index (χ1v) is 4.23. The molecular formula is C8H9N3O5. The summed E-state index contributed by atoms with van der Waals surface area (Å²) in [6, 6.07) is 2.41. The van der Waals surface area contributed by atoms with Gasteiger partial charge < -0.3 is 20.2 Å². The van der Waals surface area contributed by atoms with Crippen molar-refractivity contribution < 1.29 is 19.2 Å². The average molecular weight is 227 g/mol. The minimum atomic E-state index is -0.656. The highest BCUT2D eigenvalue weighted by Gasteiger charge is 2.15. The van der Waals surface area contributed by atoms with Gasteiger partial charge in [-0.1, -0.05) is 0 Å². The van der Waals surface area contributed by atoms with Crippen molar-refractivity contribution in [2.75, 3.05) is 13.7 Å². The van der Waals surface area contributed by atoms with E-state index in [-0.39, 0.29) is 18.1 Å². The molecule has 0 saturated carbocycles. The largest absolute Gasteiger partial charge is 0.468 e. The van der Waals surface area contributed by atoms with Crippen LogP contribution in [0.3, 0.4) is 0 Å². The molecular weight excluding hydrogens is 218 g/mol. The maximum atomic E-state index is 11.3. The number of aromatic amines is 1. The van der Waals surface area contributed by atoms with E-state index in [1.165, 1.54) is 13.2 Å². The van der Waals surface area contributed by atoms with Crippen molar-refractivity contribution in [3.05, 3.63) is 27.9 Å². The second-order valence-corrected chi connectivity index (χ2v) is 2.77. The van der Waals surface area contributed by atoms with Crippen molar-refractivity contribution in [3.8, 4) is 0 Å². The van der Waals surface area contributed by atoms with Crippen molar-refractivity contribution in [3.63, 3.8) is 0 Å². The molecule has 1 aromatic rings. The van der Waals surface area contributed by atoms with Crippen molar-refractivity contribution >= 4 is 17.7 Å². The lowest BCUT2D eigenvalue weighted by molar-refractivity contribution is -0.389. The number of esters is 1. The fourth-order valence-electron chi connectivity index (χ4n) is 0.942. The van der Waals surface area contributed by atoms with Crippen molar-refractivity contribution in [1.82, 2.24) is 10.3 Å². The summed E-state index contributed by atoms with van der Waals surface area (Å²) in [7, 11) is 1.19. The standard InChI is InChI=1S/C8H9N3O5/c1-16-7(12)4-9-8(13)5-2-3-6(10-5)11(14)15/h2-3,10H,4H2,1H3,(H,9,13). The van der Waals surface area contributed by atoms with Gasteiger partial charge in [0.1, 0.15) is 6.54 Å². The van der Waals surface area contributed by atoms with Gasteiger partial charge in [0.2, 0.25) is 0 Å². The summed E-state index contributed by atoms with van der Waals surface area (Å²) in [4.78, 5) is 34.0. The van der Waals surface area contributed by atoms with E-state index in [1.54, 1.807) is 0 Å². The Kier molecular flexibility index (Phi) is 3.59. The normalized spacial score (nSPS) is 9.56. The number of rotatable bonds is 4. The highest BCUT2D eigenvalue weighted by Crippen LogP contribution is 2.09. The molecule has 1 aromatic heterocycles. The molecule has 8 nitrogen and oxygen atoms in total. The summed E-state index contributed by atoms with van der Waals surface area (Å²) in [5.41, 5.74) is 0.00982. The van der Waals surface area contributed by atoms with Gasteiger partial charge in [0.15, 0.2) is 5.69 Å². The average Bonchev–Trinajstić information content (AvgIpc) is 2.74. The lowest BCUT2D eigenvalue weighted by atomic mass is 10.4. The van der Waals surface area contributed by atoms with Crippen LogP contribution in [-0.4, -0.2) is 35.4 Å². The fourth-order valence-corrected chi connectivity index (χ4v) is 0.942. The Bertz CT molecular complexity index is 425. The zero-order chi connectivity index (χ0) is 12.1. The third-order valence-electron chi connectivity index (χ3n) is 1.73. The van der Waals surface area contributed by atoms with Gasteiger partial charge in [0.05, 0.1) is 7.11 Å². The number of ether oxygens (including phenoxy) is 1. The topological polar surface area (TPSA) is 114 Å². The van der Waals surface area contributed by atoms with Gasteiger partial charge in [-0.3, -0.25) is 9.59 Å². The Morgan fingerprint density at radius 1 is 1.56 bits per heavy atom. The van der Waals surface area contributed by atoms with Crippen LogP contribution < -0.4 is 5.32 Å². The molecule has 0 bridgehead atoms. The van der Waals surface area contributed by atoms with Gasteiger partial charge in [-0.05, 0) is 11.0 Å². The molecule has 0 spiro atoms. The number of hydrogen-bond acceptors (Lipinski definition) is 5. The summed E-state index contributed by atoms with van der Waals surface area (Å²) in [6.07, 6.45) is 0. The van der Waals surface area contributed by atoms with E-state index in [0.29, 0.717) is 0 Å². The molecule has 0 aromatic carbocycles. The molecule has 0 unspecified atom stereocenters. The van der Waals surface area contributed by atoms with Gasteiger partial charge in [0, 0.05) is 6.07 Å². The van der Waals surface area contributed by atoms with Gasteiger partial charge in [0.25, 0.3) is 5.91 Å². The Morgan fingerprint density at radius 2 is 2.25 bits per heavy atom. The predicted octanol–water partition coefficient (Wildman–Crippen LogP) is -0.174. The van der Waals surface area contributed by atoms with Crippen LogP contribution in [0.5, 0.6) is 0 Å². The van der Waals surface area contributed by atoms with E-state index in [0.717, 1.165) is 6.07 Å². The Balaban J connectivity index is 2.59. The van der Waals surface area contributed by atoms with Crippen LogP contribution in [0.4, 0.5) is 5.82 Å². The lowest BCUT2D eigenvalue weighted by Gasteiger charge is -1.99. The number of nitrogens with zero attached hydrogens (tertiary/aromatic N) is 1. The number of nitrogens with one attached hydrogen (secondary N) is 2. The number of carbonyl (C=O) groups excluding carboxylic acids is 2. The molecule has 8 heteroatoms. The molecule has 86 valence electrons. The van der Waals surface area contributed by atoms with Crippen molar-refractivity contribution in [1.29, 1.82) is 0 Å².